The number of benzene rings is 3. The minimum atomic E-state index is -2.82. The molecule has 1 N–H and O–H groups in total. The quantitative estimate of drug-likeness (QED) is 0.0566. The summed E-state index contributed by atoms with van der Waals surface area (Å²) in [5.74, 6) is 1.26. The molecule has 0 amide bonds. The Morgan fingerprint density at radius 3 is 1.95 bits per heavy atom. The fourth-order valence-corrected chi connectivity index (χ4v) is 14.2. The fraction of sp³-hybridized carbons (Fsp3) is 0.500. The molecule has 4 rings (SSSR count). The molecule has 0 bridgehead atoms. The van der Waals surface area contributed by atoms with Crippen molar-refractivity contribution >= 4 is 38.8 Å². The maximum absolute atomic E-state index is 13.0. The van der Waals surface area contributed by atoms with E-state index in [2.05, 4.69) is 172 Å². The van der Waals surface area contributed by atoms with E-state index >= 15 is 0 Å². The normalized spacial score (nSPS) is 20.0. The van der Waals surface area contributed by atoms with E-state index in [1.165, 1.54) is 15.3 Å². The average molecular weight is 799 g/mol. The molecule has 3 aromatic rings. The van der Waals surface area contributed by atoms with Crippen molar-refractivity contribution in [2.24, 2.45) is 17.8 Å². The molecule has 1 unspecified atom stereocenters. The van der Waals surface area contributed by atoms with Crippen molar-refractivity contribution in [3.05, 3.63) is 126 Å². The monoisotopic (exact) mass is 798 g/mol. The van der Waals surface area contributed by atoms with Gasteiger partial charge in [-0.05, 0) is 95.2 Å². The largest absolute Gasteiger partial charge is 0.498 e. The minimum absolute atomic E-state index is 0.0440. The van der Waals surface area contributed by atoms with Crippen molar-refractivity contribution < 1.29 is 18.7 Å². The van der Waals surface area contributed by atoms with Crippen molar-refractivity contribution in [3.8, 4) is 0 Å². The van der Waals surface area contributed by atoms with Crippen LogP contribution in [0.1, 0.15) is 87.5 Å². The van der Waals surface area contributed by atoms with Crippen molar-refractivity contribution in [1.29, 1.82) is 0 Å². The Labute approximate surface area is 341 Å². The molecule has 0 aliphatic heterocycles. The maximum Gasteiger partial charge on any atom is 0.261 e. The summed E-state index contributed by atoms with van der Waals surface area (Å²) in [5, 5.41) is 15.5. The summed E-state index contributed by atoms with van der Waals surface area (Å²) in [6.07, 6.45) is 10.1. The molecular formula is C48H70O4SSi2. The highest BCUT2D eigenvalue weighted by molar-refractivity contribution is 8.03. The first kappa shape index (κ1) is 45.1. The molecule has 3 atom stereocenters. The summed E-state index contributed by atoms with van der Waals surface area (Å²) in [6.45, 7) is 28.7. The van der Waals surface area contributed by atoms with E-state index in [0.29, 0.717) is 32.2 Å². The van der Waals surface area contributed by atoms with Crippen LogP contribution in [0.15, 0.2) is 131 Å². The summed E-state index contributed by atoms with van der Waals surface area (Å²) in [7, 11) is -4.75. The van der Waals surface area contributed by atoms with E-state index in [0.717, 1.165) is 36.3 Å². The van der Waals surface area contributed by atoms with Gasteiger partial charge in [-0.3, -0.25) is 0 Å². The summed E-state index contributed by atoms with van der Waals surface area (Å²) >= 11 is 1.74. The number of hydrogen-bond acceptors (Lipinski definition) is 5. The van der Waals surface area contributed by atoms with E-state index in [9.17, 15) is 5.11 Å². The zero-order valence-electron chi connectivity index (χ0n) is 35.6. The van der Waals surface area contributed by atoms with Crippen LogP contribution in [0.5, 0.6) is 0 Å². The zero-order valence-corrected chi connectivity index (χ0v) is 38.4. The van der Waals surface area contributed by atoms with Gasteiger partial charge in [0.2, 0.25) is 0 Å². The van der Waals surface area contributed by atoms with Gasteiger partial charge in [-0.1, -0.05) is 165 Å². The Hall–Kier alpha value is -2.66. The predicted octanol–water partition coefficient (Wildman–Crippen LogP) is 11.9. The van der Waals surface area contributed by atoms with Gasteiger partial charge in [-0.2, -0.15) is 0 Å². The van der Waals surface area contributed by atoms with E-state index in [1.807, 2.05) is 12.1 Å². The molecule has 55 heavy (non-hydrogen) atoms. The van der Waals surface area contributed by atoms with Gasteiger partial charge in [-0.15, -0.1) is 0 Å². The van der Waals surface area contributed by atoms with Gasteiger partial charge in [0.15, 0.2) is 8.32 Å². The van der Waals surface area contributed by atoms with Gasteiger partial charge >= 0.3 is 0 Å². The van der Waals surface area contributed by atoms with Crippen LogP contribution in [-0.4, -0.2) is 47.2 Å². The van der Waals surface area contributed by atoms with Crippen molar-refractivity contribution in [2.45, 2.75) is 121 Å². The Morgan fingerprint density at radius 1 is 0.873 bits per heavy atom. The van der Waals surface area contributed by atoms with E-state index < -0.39 is 22.2 Å². The molecule has 3 aromatic carbocycles. The van der Waals surface area contributed by atoms with E-state index in [4.69, 9.17) is 13.6 Å². The predicted molar refractivity (Wildman–Crippen MR) is 241 cm³/mol. The highest BCUT2D eigenvalue weighted by Crippen LogP contribution is 2.45. The molecule has 0 spiro atoms. The molecule has 1 aliphatic carbocycles. The van der Waals surface area contributed by atoms with Gasteiger partial charge < -0.3 is 18.7 Å². The van der Waals surface area contributed by atoms with Crippen LogP contribution in [0.3, 0.4) is 0 Å². The number of hydrogen-bond donors (Lipinski definition) is 1. The molecule has 1 aliphatic rings. The Morgan fingerprint density at radius 2 is 1.44 bits per heavy atom. The SMILES string of the molecule is C=C/C(=C\CC[C@@H]1[C@@H](CO[Si](c2ccccc2)(c2ccccc2)C(C)(C)C)CC(OCC(C)C)=CC1(O)CCCO[Si](C)(C)C(C)(C)C)Sc1ccccc1. The van der Waals surface area contributed by atoms with Crippen LogP contribution in [-0.2, 0) is 13.6 Å². The second kappa shape index (κ2) is 19.7. The Kier molecular flexibility index (Phi) is 16.1. The number of rotatable bonds is 19. The zero-order chi connectivity index (χ0) is 40.3. The van der Waals surface area contributed by atoms with Crippen molar-refractivity contribution in [1.82, 2.24) is 0 Å². The van der Waals surface area contributed by atoms with Gasteiger partial charge in [0, 0.05) is 29.4 Å². The second-order valence-corrected chi connectivity index (χ2v) is 28.6. The molecule has 0 aromatic heterocycles. The van der Waals surface area contributed by atoms with Gasteiger partial charge in [0.25, 0.3) is 8.32 Å². The minimum Gasteiger partial charge on any atom is -0.498 e. The fourth-order valence-electron chi connectivity index (χ4n) is 7.64. The lowest BCUT2D eigenvalue weighted by molar-refractivity contribution is -0.0454. The third kappa shape index (κ3) is 11.9. The summed E-state index contributed by atoms with van der Waals surface area (Å²) in [6, 6.07) is 32.2. The summed E-state index contributed by atoms with van der Waals surface area (Å²) < 4.78 is 20.8. The number of allylic oxidation sites excluding steroid dienone is 3. The van der Waals surface area contributed by atoms with Crippen LogP contribution in [0.4, 0.5) is 0 Å². The third-order valence-electron chi connectivity index (χ3n) is 11.6. The van der Waals surface area contributed by atoms with Gasteiger partial charge in [-0.25, -0.2) is 0 Å². The summed E-state index contributed by atoms with van der Waals surface area (Å²) in [5.41, 5.74) is -1.07. The number of ether oxygens (including phenoxy) is 1. The van der Waals surface area contributed by atoms with Crippen LogP contribution in [0.2, 0.25) is 23.2 Å². The van der Waals surface area contributed by atoms with Crippen LogP contribution >= 0.6 is 11.8 Å². The van der Waals surface area contributed by atoms with E-state index in [1.54, 1.807) is 11.8 Å². The van der Waals surface area contributed by atoms with Crippen molar-refractivity contribution in [3.63, 3.8) is 0 Å². The molecule has 7 heteroatoms. The molecule has 300 valence electrons. The molecule has 0 saturated carbocycles. The second-order valence-electron chi connectivity index (χ2n) is 18.4. The highest BCUT2D eigenvalue weighted by atomic mass is 32.2. The first-order valence-corrected chi connectivity index (χ1v) is 26.1. The lowest BCUT2D eigenvalue weighted by atomic mass is 9.68. The standard InChI is InChI=1S/C48H70O4SSi2/c1-12-41(53-42-24-16-13-17-25-42)26-22-31-45-39(37-52-55(47(7,8)9,43-27-18-14-19-28-43)44-29-20-15-21-30-44)34-40(50-36-38(2)3)35-48(45,49)32-23-33-51-54(10,11)46(4,5)6/h12-21,24-30,35,38-39,45,49H,1,22-23,31-34,36-37H2,2-11H3/b41-26+/t39-,45-,48?/m1/s1. The maximum atomic E-state index is 13.0. The molecule has 0 radical (unpaired) electrons. The first-order valence-electron chi connectivity index (χ1n) is 20.4. The van der Waals surface area contributed by atoms with Gasteiger partial charge in [0.1, 0.15) is 0 Å². The number of aliphatic hydroxyl groups is 1. The molecule has 4 nitrogen and oxygen atoms in total. The lowest BCUT2D eigenvalue weighted by Crippen LogP contribution is -2.67. The van der Waals surface area contributed by atoms with Crippen LogP contribution < -0.4 is 10.4 Å². The average Bonchev–Trinajstić information content (AvgIpc) is 3.13. The van der Waals surface area contributed by atoms with E-state index in [-0.39, 0.29) is 21.9 Å². The topological polar surface area (TPSA) is 47.9 Å². The smallest absolute Gasteiger partial charge is 0.261 e. The Bertz CT molecular complexity index is 1640. The lowest BCUT2D eigenvalue weighted by Gasteiger charge is -2.47. The molecule has 0 heterocycles. The van der Waals surface area contributed by atoms with Crippen molar-refractivity contribution in [2.75, 3.05) is 19.8 Å². The Balaban J connectivity index is 1.74. The summed E-state index contributed by atoms with van der Waals surface area (Å²) in [4.78, 5) is 2.32. The van der Waals surface area contributed by atoms with Crippen LogP contribution in [0, 0.1) is 17.8 Å². The third-order valence-corrected chi connectivity index (χ3v) is 22.2. The highest BCUT2D eigenvalue weighted by Gasteiger charge is 2.52. The first-order chi connectivity index (χ1) is 25.9. The number of thioether (sulfide) groups is 1. The molecule has 0 saturated heterocycles. The molecular weight excluding hydrogens is 729 g/mol. The van der Waals surface area contributed by atoms with Gasteiger partial charge in [0.05, 0.1) is 18.0 Å². The van der Waals surface area contributed by atoms with Crippen LogP contribution in [0.25, 0.3) is 0 Å². The molecule has 0 fully saturated rings.